The van der Waals surface area contributed by atoms with E-state index in [1.807, 2.05) is 6.07 Å². The summed E-state index contributed by atoms with van der Waals surface area (Å²) in [6.07, 6.45) is 3.13. The average Bonchev–Trinajstić information content (AvgIpc) is 2.59. The van der Waals surface area contributed by atoms with Gasteiger partial charge in [0.25, 0.3) is 0 Å². The molecule has 0 radical (unpaired) electrons. The van der Waals surface area contributed by atoms with Gasteiger partial charge in [-0.3, -0.25) is 0 Å². The lowest BCUT2D eigenvalue weighted by Crippen LogP contribution is -2.35. The van der Waals surface area contributed by atoms with E-state index in [9.17, 15) is 0 Å². The molecule has 2 atom stereocenters. The Labute approximate surface area is 154 Å². The Hall–Kier alpha value is -1.22. The maximum absolute atomic E-state index is 6.28. The minimum atomic E-state index is 0.384. The van der Waals surface area contributed by atoms with Gasteiger partial charge in [0.2, 0.25) is 0 Å². The molecule has 2 aromatic carbocycles. The number of hydrogen-bond acceptors (Lipinski definition) is 2. The summed E-state index contributed by atoms with van der Waals surface area (Å²) in [6, 6.07) is 14.8. The van der Waals surface area contributed by atoms with E-state index in [-0.39, 0.29) is 0 Å². The molecule has 0 amide bonds. The fourth-order valence-electron chi connectivity index (χ4n) is 3.27. The van der Waals surface area contributed by atoms with E-state index in [1.165, 1.54) is 5.56 Å². The Kier molecular flexibility index (Phi) is 6.04. The molecule has 3 rings (SSSR count). The van der Waals surface area contributed by atoms with Crippen molar-refractivity contribution in [3.63, 3.8) is 0 Å². The maximum atomic E-state index is 6.28. The molecule has 1 heterocycles. The summed E-state index contributed by atoms with van der Waals surface area (Å²) in [5.41, 5.74) is 2.50. The van der Waals surface area contributed by atoms with Crippen molar-refractivity contribution in [2.75, 3.05) is 13.2 Å². The van der Waals surface area contributed by atoms with Crippen LogP contribution in [0, 0.1) is 0 Å². The number of benzene rings is 2. The minimum absolute atomic E-state index is 0.384. The molecule has 1 aliphatic rings. The molecule has 0 aromatic heterocycles. The van der Waals surface area contributed by atoms with Crippen molar-refractivity contribution in [1.82, 2.24) is 5.32 Å². The van der Waals surface area contributed by atoms with Crippen molar-refractivity contribution in [2.45, 2.75) is 38.1 Å². The monoisotopic (exact) mass is 363 g/mol. The van der Waals surface area contributed by atoms with Crippen LogP contribution in [0.1, 0.15) is 36.8 Å². The van der Waals surface area contributed by atoms with Crippen LogP contribution < -0.4 is 10.1 Å². The Morgan fingerprint density at radius 3 is 2.75 bits per heavy atom. The second kappa shape index (κ2) is 8.24. The number of ether oxygens (including phenoxy) is 1. The van der Waals surface area contributed by atoms with Crippen LogP contribution in [0.5, 0.6) is 5.75 Å². The molecule has 24 heavy (non-hydrogen) atoms. The van der Waals surface area contributed by atoms with Crippen molar-refractivity contribution in [3.05, 3.63) is 63.6 Å². The lowest BCUT2D eigenvalue weighted by molar-refractivity contribution is 0.262. The van der Waals surface area contributed by atoms with Crippen LogP contribution in [0.3, 0.4) is 0 Å². The second-order valence-corrected chi connectivity index (χ2v) is 7.19. The molecule has 0 saturated heterocycles. The zero-order valence-electron chi connectivity index (χ0n) is 13.9. The molecule has 128 valence electrons. The van der Waals surface area contributed by atoms with Crippen molar-refractivity contribution in [1.29, 1.82) is 0 Å². The zero-order valence-corrected chi connectivity index (χ0v) is 15.4. The first-order valence-electron chi connectivity index (χ1n) is 8.56. The summed E-state index contributed by atoms with van der Waals surface area (Å²) in [4.78, 5) is 0. The van der Waals surface area contributed by atoms with Gasteiger partial charge < -0.3 is 10.1 Å². The Morgan fingerprint density at radius 2 is 2.00 bits per heavy atom. The predicted molar refractivity (Wildman–Crippen MR) is 102 cm³/mol. The first-order valence-corrected chi connectivity index (χ1v) is 9.32. The third kappa shape index (κ3) is 4.24. The highest BCUT2D eigenvalue weighted by molar-refractivity contribution is 6.35. The lowest BCUT2D eigenvalue weighted by atomic mass is 9.92. The van der Waals surface area contributed by atoms with Gasteiger partial charge in [0, 0.05) is 29.1 Å². The van der Waals surface area contributed by atoms with Crippen LogP contribution in [-0.4, -0.2) is 19.2 Å². The largest absolute Gasteiger partial charge is 0.492 e. The van der Waals surface area contributed by atoms with E-state index in [0.29, 0.717) is 28.6 Å². The summed E-state index contributed by atoms with van der Waals surface area (Å²) in [6.45, 7) is 3.85. The number of halogens is 2. The predicted octanol–water partition coefficient (Wildman–Crippen LogP) is 5.47. The number of hydrogen-bond donors (Lipinski definition) is 1. The Balaban J connectivity index is 1.66. The van der Waals surface area contributed by atoms with Gasteiger partial charge in [-0.05, 0) is 37.0 Å². The molecular weight excluding hydrogens is 341 g/mol. The van der Waals surface area contributed by atoms with E-state index in [2.05, 4.69) is 42.6 Å². The molecule has 2 aromatic rings. The summed E-state index contributed by atoms with van der Waals surface area (Å²) >= 11 is 12.5. The van der Waals surface area contributed by atoms with E-state index >= 15 is 0 Å². The van der Waals surface area contributed by atoms with Crippen LogP contribution in [-0.2, 0) is 6.42 Å². The highest BCUT2D eigenvalue weighted by Gasteiger charge is 2.24. The molecule has 1 N–H and O–H groups in total. The van der Waals surface area contributed by atoms with Gasteiger partial charge in [0.1, 0.15) is 5.75 Å². The fraction of sp³-hybridized carbons (Fsp3) is 0.400. The molecule has 0 aliphatic carbocycles. The van der Waals surface area contributed by atoms with E-state index in [4.69, 9.17) is 27.9 Å². The van der Waals surface area contributed by atoms with Gasteiger partial charge in [-0.2, -0.15) is 0 Å². The lowest BCUT2D eigenvalue weighted by Gasteiger charge is -2.29. The van der Waals surface area contributed by atoms with Gasteiger partial charge in [-0.1, -0.05) is 60.5 Å². The van der Waals surface area contributed by atoms with E-state index < -0.39 is 0 Å². The summed E-state index contributed by atoms with van der Waals surface area (Å²) in [5, 5.41) is 5.01. The number of rotatable bonds is 6. The van der Waals surface area contributed by atoms with Gasteiger partial charge >= 0.3 is 0 Å². The van der Waals surface area contributed by atoms with E-state index in [1.54, 1.807) is 6.07 Å². The Morgan fingerprint density at radius 1 is 1.21 bits per heavy atom. The number of fused-ring (bicyclic) bond motifs is 1. The maximum Gasteiger partial charge on any atom is 0.141 e. The molecule has 4 heteroatoms. The first-order chi connectivity index (χ1) is 11.7. The standard InChI is InChI=1S/C20H23Cl2NO/c1-2-17(10-14-6-4-3-5-7-14)23-13-15-8-9-24-20-18(15)11-16(21)12-19(20)22/h3-7,11-12,15,17,23H,2,8-10,13H2,1H3. The summed E-state index contributed by atoms with van der Waals surface area (Å²) in [7, 11) is 0. The zero-order chi connectivity index (χ0) is 16.9. The quantitative estimate of drug-likeness (QED) is 0.734. The molecule has 0 fully saturated rings. The van der Waals surface area contributed by atoms with Crippen LogP contribution in [0.4, 0.5) is 0 Å². The van der Waals surface area contributed by atoms with Crippen LogP contribution in [0.2, 0.25) is 10.0 Å². The average molecular weight is 364 g/mol. The normalized spacial score (nSPS) is 17.9. The molecule has 0 bridgehead atoms. The fourth-order valence-corrected chi connectivity index (χ4v) is 3.84. The van der Waals surface area contributed by atoms with E-state index in [0.717, 1.165) is 37.1 Å². The highest BCUT2D eigenvalue weighted by atomic mass is 35.5. The van der Waals surface area contributed by atoms with Crippen molar-refractivity contribution in [2.24, 2.45) is 0 Å². The second-order valence-electron chi connectivity index (χ2n) is 6.34. The highest BCUT2D eigenvalue weighted by Crippen LogP contribution is 2.40. The molecule has 0 spiro atoms. The number of nitrogens with one attached hydrogen (secondary N) is 1. The van der Waals surface area contributed by atoms with Gasteiger partial charge in [-0.15, -0.1) is 0 Å². The third-order valence-corrected chi connectivity index (χ3v) is 5.16. The molecular formula is C20H23Cl2NO. The Bertz CT molecular complexity index is 675. The van der Waals surface area contributed by atoms with Crippen molar-refractivity contribution in [3.8, 4) is 5.75 Å². The summed E-state index contributed by atoms with van der Waals surface area (Å²) in [5.74, 6) is 1.19. The van der Waals surface area contributed by atoms with Crippen LogP contribution >= 0.6 is 23.2 Å². The topological polar surface area (TPSA) is 21.3 Å². The SMILES string of the molecule is CCC(Cc1ccccc1)NCC1CCOc2c(Cl)cc(Cl)cc21. The first kappa shape index (κ1) is 17.6. The van der Waals surface area contributed by atoms with Gasteiger partial charge in [-0.25, -0.2) is 0 Å². The molecule has 2 unspecified atom stereocenters. The van der Waals surface area contributed by atoms with Crippen molar-refractivity contribution >= 4 is 23.2 Å². The molecule has 0 saturated carbocycles. The third-order valence-electron chi connectivity index (χ3n) is 4.66. The van der Waals surface area contributed by atoms with Crippen LogP contribution in [0.25, 0.3) is 0 Å². The van der Waals surface area contributed by atoms with Gasteiger partial charge in [0.15, 0.2) is 0 Å². The van der Waals surface area contributed by atoms with Gasteiger partial charge in [0.05, 0.1) is 11.6 Å². The molecule has 1 aliphatic heterocycles. The smallest absolute Gasteiger partial charge is 0.141 e. The molecule has 2 nitrogen and oxygen atoms in total. The van der Waals surface area contributed by atoms with Crippen molar-refractivity contribution < 1.29 is 4.74 Å². The summed E-state index contributed by atoms with van der Waals surface area (Å²) < 4.78 is 5.75. The van der Waals surface area contributed by atoms with Crippen LogP contribution in [0.15, 0.2) is 42.5 Å². The minimum Gasteiger partial charge on any atom is -0.492 e.